The molecule has 2 aromatic heterocycles. The molecule has 0 aliphatic heterocycles. The van der Waals surface area contributed by atoms with E-state index in [1.54, 1.807) is 6.33 Å². The first-order valence-electron chi connectivity index (χ1n) is 8.72. The number of anilines is 1. The lowest BCUT2D eigenvalue weighted by atomic mass is 9.94. The van der Waals surface area contributed by atoms with Gasteiger partial charge in [0.15, 0.2) is 11.5 Å². The minimum atomic E-state index is 0.409. The molecule has 122 valence electrons. The second-order valence-electron chi connectivity index (χ2n) is 6.11. The number of nitrogens with two attached hydrogens (primary N) is 1. The Bertz CT molecular complexity index is 563. The summed E-state index contributed by atoms with van der Waals surface area (Å²) in [6, 6.07) is 0. The highest BCUT2D eigenvalue weighted by Crippen LogP contribution is 2.28. The highest BCUT2D eigenvalue weighted by Gasteiger charge is 2.17. The highest BCUT2D eigenvalue weighted by atomic mass is 15.0. The Morgan fingerprint density at radius 2 is 1.68 bits per heavy atom. The molecule has 1 unspecified atom stereocenters. The molecule has 0 saturated heterocycles. The maximum atomic E-state index is 6.05. The third-order valence-electron chi connectivity index (χ3n) is 4.26. The average Bonchev–Trinajstić information content (AvgIpc) is 2.99. The van der Waals surface area contributed by atoms with Crippen LogP contribution in [0.2, 0.25) is 0 Å². The Labute approximate surface area is 133 Å². The van der Waals surface area contributed by atoms with Crippen molar-refractivity contribution in [3.63, 3.8) is 0 Å². The van der Waals surface area contributed by atoms with Crippen LogP contribution in [0.15, 0.2) is 6.33 Å². The van der Waals surface area contributed by atoms with Crippen LogP contribution in [0.4, 0.5) is 5.82 Å². The first-order valence-corrected chi connectivity index (χ1v) is 8.72. The van der Waals surface area contributed by atoms with Crippen LogP contribution in [-0.2, 0) is 0 Å². The van der Waals surface area contributed by atoms with Gasteiger partial charge in [0.05, 0.1) is 6.33 Å². The number of aromatic amines is 1. The van der Waals surface area contributed by atoms with Crippen molar-refractivity contribution in [2.45, 2.75) is 77.6 Å². The standard InChI is InChI=1S/C17H29N5/c1-3-5-7-9-11-13(10-8-6-4-2)16-21-15(18)14-17(22-16)20-12-19-14/h12-13H,3-11H2,1-2H3,(H3,18,19,20,21,22). The molecule has 1 atom stereocenters. The summed E-state index contributed by atoms with van der Waals surface area (Å²) in [5, 5.41) is 0. The largest absolute Gasteiger partial charge is 0.382 e. The van der Waals surface area contributed by atoms with Gasteiger partial charge >= 0.3 is 0 Å². The molecule has 0 amide bonds. The predicted octanol–water partition coefficient (Wildman–Crippen LogP) is 4.57. The van der Waals surface area contributed by atoms with Gasteiger partial charge in [0.25, 0.3) is 0 Å². The molecule has 3 N–H and O–H groups in total. The summed E-state index contributed by atoms with van der Waals surface area (Å²) < 4.78 is 0. The van der Waals surface area contributed by atoms with Crippen LogP contribution in [0.5, 0.6) is 0 Å². The quantitative estimate of drug-likeness (QED) is 0.630. The monoisotopic (exact) mass is 303 g/mol. The van der Waals surface area contributed by atoms with Crippen LogP contribution in [0.3, 0.4) is 0 Å². The third-order valence-corrected chi connectivity index (χ3v) is 4.26. The lowest BCUT2D eigenvalue weighted by Gasteiger charge is -2.16. The van der Waals surface area contributed by atoms with E-state index in [2.05, 4.69) is 33.8 Å². The fourth-order valence-electron chi connectivity index (χ4n) is 2.92. The van der Waals surface area contributed by atoms with Crippen molar-refractivity contribution in [2.75, 3.05) is 5.73 Å². The van der Waals surface area contributed by atoms with Crippen molar-refractivity contribution < 1.29 is 0 Å². The van der Waals surface area contributed by atoms with Crippen molar-refractivity contribution in [3.05, 3.63) is 12.2 Å². The summed E-state index contributed by atoms with van der Waals surface area (Å²) in [4.78, 5) is 16.4. The second kappa shape index (κ2) is 8.71. The number of unbranched alkanes of at least 4 members (excludes halogenated alkanes) is 5. The molecule has 5 heteroatoms. The first kappa shape index (κ1) is 16.7. The smallest absolute Gasteiger partial charge is 0.183 e. The molecule has 0 spiro atoms. The average molecular weight is 303 g/mol. The summed E-state index contributed by atoms with van der Waals surface area (Å²) in [6.07, 6.45) is 12.8. The number of hydrogen-bond acceptors (Lipinski definition) is 4. The van der Waals surface area contributed by atoms with Crippen molar-refractivity contribution >= 4 is 17.0 Å². The molecule has 0 aliphatic carbocycles. The van der Waals surface area contributed by atoms with Gasteiger partial charge in [-0.25, -0.2) is 15.0 Å². The number of H-pyrrole nitrogens is 1. The van der Waals surface area contributed by atoms with Gasteiger partial charge < -0.3 is 10.7 Å². The summed E-state index contributed by atoms with van der Waals surface area (Å²) >= 11 is 0. The molecule has 0 bridgehead atoms. The van der Waals surface area contributed by atoms with Gasteiger partial charge in [-0.3, -0.25) is 0 Å². The van der Waals surface area contributed by atoms with Gasteiger partial charge in [0, 0.05) is 5.92 Å². The van der Waals surface area contributed by atoms with Gasteiger partial charge in [-0.05, 0) is 12.8 Å². The number of nitrogens with one attached hydrogen (secondary N) is 1. The van der Waals surface area contributed by atoms with Gasteiger partial charge in [-0.2, -0.15) is 0 Å². The summed E-state index contributed by atoms with van der Waals surface area (Å²) in [6.45, 7) is 4.48. The molecular weight excluding hydrogens is 274 g/mol. The number of fused-ring (bicyclic) bond motifs is 1. The topological polar surface area (TPSA) is 80.5 Å². The molecule has 22 heavy (non-hydrogen) atoms. The number of aromatic nitrogens is 4. The van der Waals surface area contributed by atoms with E-state index in [-0.39, 0.29) is 0 Å². The van der Waals surface area contributed by atoms with Gasteiger partial charge in [-0.15, -0.1) is 0 Å². The lowest BCUT2D eigenvalue weighted by Crippen LogP contribution is -2.08. The number of nitrogen functional groups attached to an aromatic ring is 1. The van der Waals surface area contributed by atoms with Crippen molar-refractivity contribution in [2.24, 2.45) is 0 Å². The van der Waals surface area contributed by atoms with Crippen molar-refractivity contribution in [1.29, 1.82) is 0 Å². The van der Waals surface area contributed by atoms with E-state index in [9.17, 15) is 0 Å². The Hall–Kier alpha value is -1.65. The molecule has 0 aromatic carbocycles. The number of nitrogens with zero attached hydrogens (tertiary/aromatic N) is 3. The van der Waals surface area contributed by atoms with Crippen molar-refractivity contribution in [1.82, 2.24) is 19.9 Å². The normalized spacial score (nSPS) is 12.8. The Balaban J connectivity index is 2.09. The second-order valence-corrected chi connectivity index (χ2v) is 6.11. The van der Waals surface area contributed by atoms with Crippen LogP contribution in [0.1, 0.15) is 83.4 Å². The maximum absolute atomic E-state index is 6.05. The van der Waals surface area contributed by atoms with E-state index in [1.807, 2.05) is 0 Å². The summed E-state index contributed by atoms with van der Waals surface area (Å²) in [5.74, 6) is 1.81. The molecule has 2 rings (SSSR count). The summed E-state index contributed by atoms with van der Waals surface area (Å²) in [5.41, 5.74) is 7.49. The number of hydrogen-bond donors (Lipinski definition) is 2. The number of imidazole rings is 1. The molecular formula is C17H29N5. The van der Waals surface area contributed by atoms with Crippen LogP contribution in [0.25, 0.3) is 11.2 Å². The minimum absolute atomic E-state index is 0.409. The van der Waals surface area contributed by atoms with Gasteiger partial charge in [0.2, 0.25) is 0 Å². The van der Waals surface area contributed by atoms with Crippen LogP contribution >= 0.6 is 0 Å². The van der Waals surface area contributed by atoms with E-state index in [4.69, 9.17) is 5.73 Å². The highest BCUT2D eigenvalue weighted by molar-refractivity contribution is 5.80. The lowest BCUT2D eigenvalue weighted by molar-refractivity contribution is 0.485. The zero-order valence-electron chi connectivity index (χ0n) is 13.9. The van der Waals surface area contributed by atoms with E-state index in [0.29, 0.717) is 17.4 Å². The van der Waals surface area contributed by atoms with Crippen LogP contribution < -0.4 is 5.73 Å². The fourth-order valence-corrected chi connectivity index (χ4v) is 2.92. The fraction of sp³-hybridized carbons (Fsp3) is 0.706. The minimum Gasteiger partial charge on any atom is -0.382 e. The molecule has 2 heterocycles. The van der Waals surface area contributed by atoms with E-state index in [0.717, 1.165) is 24.2 Å². The van der Waals surface area contributed by atoms with Crippen LogP contribution in [-0.4, -0.2) is 19.9 Å². The maximum Gasteiger partial charge on any atom is 0.183 e. The zero-order valence-corrected chi connectivity index (χ0v) is 13.9. The molecule has 0 fully saturated rings. The third kappa shape index (κ3) is 4.42. The molecule has 0 aliphatic rings. The Morgan fingerprint density at radius 1 is 1.00 bits per heavy atom. The molecule has 0 saturated carbocycles. The Morgan fingerprint density at radius 3 is 2.41 bits per heavy atom. The molecule has 2 aromatic rings. The van der Waals surface area contributed by atoms with Gasteiger partial charge in [0.1, 0.15) is 11.3 Å². The first-order chi connectivity index (χ1) is 10.8. The van der Waals surface area contributed by atoms with E-state index in [1.165, 1.54) is 44.9 Å². The zero-order chi connectivity index (χ0) is 15.8. The number of rotatable bonds is 10. The molecule has 5 nitrogen and oxygen atoms in total. The van der Waals surface area contributed by atoms with Gasteiger partial charge in [-0.1, -0.05) is 58.8 Å². The van der Waals surface area contributed by atoms with E-state index < -0.39 is 0 Å². The Kier molecular flexibility index (Phi) is 6.62. The van der Waals surface area contributed by atoms with E-state index >= 15 is 0 Å². The van der Waals surface area contributed by atoms with Crippen LogP contribution in [0, 0.1) is 0 Å². The van der Waals surface area contributed by atoms with Crippen molar-refractivity contribution in [3.8, 4) is 0 Å². The molecule has 0 radical (unpaired) electrons. The summed E-state index contributed by atoms with van der Waals surface area (Å²) in [7, 11) is 0. The predicted molar refractivity (Wildman–Crippen MR) is 91.7 cm³/mol. The SMILES string of the molecule is CCCCCCC(CCCCC)c1nc(N)c2[nH]cnc2n1.